The van der Waals surface area contributed by atoms with Crippen LogP contribution in [0, 0.1) is 0 Å². The van der Waals surface area contributed by atoms with Crippen LogP contribution in [0.5, 0.6) is 0 Å². The van der Waals surface area contributed by atoms with Gasteiger partial charge >= 0.3 is 6.18 Å². The molecule has 1 aliphatic carbocycles. The lowest BCUT2D eigenvalue weighted by atomic mass is 10.3. The van der Waals surface area contributed by atoms with Crippen LogP contribution in [-0.2, 0) is 12.6 Å². The Morgan fingerprint density at radius 1 is 1.45 bits per heavy atom. The van der Waals surface area contributed by atoms with Gasteiger partial charge in [0.15, 0.2) is 11.5 Å². The molecule has 7 nitrogen and oxygen atoms in total. The average Bonchev–Trinajstić information content (AvgIpc) is 3.00. The van der Waals surface area contributed by atoms with Gasteiger partial charge in [-0.05, 0) is 12.8 Å². The minimum absolute atomic E-state index is 0.166. The summed E-state index contributed by atoms with van der Waals surface area (Å²) in [6.07, 6.45) is -2.15. The van der Waals surface area contributed by atoms with Crippen molar-refractivity contribution in [1.29, 1.82) is 0 Å². The van der Waals surface area contributed by atoms with E-state index in [4.69, 9.17) is 4.52 Å². The lowest BCUT2D eigenvalue weighted by Gasteiger charge is -2.00. The highest BCUT2D eigenvalue weighted by Crippen LogP contribution is 2.38. The molecule has 10 heteroatoms. The summed E-state index contributed by atoms with van der Waals surface area (Å²) < 4.78 is 42.2. The molecule has 0 radical (unpaired) electrons. The number of nitrogens with zero attached hydrogens (tertiary/aromatic N) is 3. The van der Waals surface area contributed by atoms with Crippen molar-refractivity contribution in [3.05, 3.63) is 29.2 Å². The summed E-state index contributed by atoms with van der Waals surface area (Å²) in [7, 11) is 0. The zero-order valence-electron chi connectivity index (χ0n) is 11.3. The largest absolute Gasteiger partial charge is 0.432 e. The quantitative estimate of drug-likeness (QED) is 0.874. The monoisotopic (exact) mass is 315 g/mol. The van der Waals surface area contributed by atoms with E-state index in [2.05, 4.69) is 20.6 Å². The van der Waals surface area contributed by atoms with Crippen molar-refractivity contribution in [2.75, 3.05) is 6.54 Å². The van der Waals surface area contributed by atoms with E-state index in [1.165, 1.54) is 0 Å². The van der Waals surface area contributed by atoms with Crippen LogP contribution in [0.3, 0.4) is 0 Å². The van der Waals surface area contributed by atoms with E-state index >= 15 is 0 Å². The van der Waals surface area contributed by atoms with Gasteiger partial charge in [0, 0.05) is 24.9 Å². The molecule has 2 N–H and O–H groups in total. The maximum atomic E-state index is 12.4. The molecule has 2 aromatic rings. The SMILES string of the molecule is O=C(NCCc1nc(C2CC2)no1)c1cc(C(F)(F)F)[nH]n1. The predicted molar refractivity (Wildman–Crippen MR) is 65.9 cm³/mol. The molecule has 1 fully saturated rings. The molecule has 0 bridgehead atoms. The van der Waals surface area contributed by atoms with Crippen LogP contribution >= 0.6 is 0 Å². The number of halogens is 3. The number of rotatable bonds is 5. The molecule has 0 aliphatic heterocycles. The Labute approximate surface area is 122 Å². The van der Waals surface area contributed by atoms with Gasteiger partial charge < -0.3 is 9.84 Å². The molecule has 0 spiro atoms. The molecule has 2 aromatic heterocycles. The zero-order valence-corrected chi connectivity index (χ0v) is 11.3. The maximum Gasteiger partial charge on any atom is 0.432 e. The molecular weight excluding hydrogens is 303 g/mol. The second kappa shape index (κ2) is 5.43. The first-order valence-electron chi connectivity index (χ1n) is 6.67. The third-order valence-electron chi connectivity index (χ3n) is 3.17. The van der Waals surface area contributed by atoms with Crippen LogP contribution in [0.1, 0.15) is 46.7 Å². The van der Waals surface area contributed by atoms with Crippen molar-refractivity contribution in [3.8, 4) is 0 Å². The Hall–Kier alpha value is -2.39. The summed E-state index contributed by atoms with van der Waals surface area (Å²) in [6.45, 7) is 0.166. The fourth-order valence-electron chi connectivity index (χ4n) is 1.83. The Kier molecular flexibility index (Phi) is 3.59. The number of amides is 1. The summed E-state index contributed by atoms with van der Waals surface area (Å²) in [5.41, 5.74) is -1.39. The summed E-state index contributed by atoms with van der Waals surface area (Å²) in [5, 5.41) is 11.4. The van der Waals surface area contributed by atoms with Gasteiger partial charge in [-0.3, -0.25) is 9.89 Å². The Morgan fingerprint density at radius 2 is 2.23 bits per heavy atom. The number of nitrogens with one attached hydrogen (secondary N) is 2. The second-order valence-corrected chi connectivity index (χ2v) is 4.99. The molecular formula is C12H12F3N5O2. The van der Waals surface area contributed by atoms with E-state index in [-0.39, 0.29) is 12.2 Å². The minimum atomic E-state index is -4.56. The lowest BCUT2D eigenvalue weighted by molar-refractivity contribution is -0.141. The van der Waals surface area contributed by atoms with Crippen molar-refractivity contribution in [1.82, 2.24) is 25.7 Å². The number of hydrogen-bond donors (Lipinski definition) is 2. The van der Waals surface area contributed by atoms with Crippen molar-refractivity contribution in [2.45, 2.75) is 31.4 Å². The number of aromatic nitrogens is 4. The normalized spacial score (nSPS) is 15.0. The second-order valence-electron chi connectivity index (χ2n) is 4.99. The zero-order chi connectivity index (χ0) is 15.7. The lowest BCUT2D eigenvalue weighted by Crippen LogP contribution is -2.26. The van der Waals surface area contributed by atoms with E-state index in [1.54, 1.807) is 5.10 Å². The van der Waals surface area contributed by atoms with Gasteiger partial charge in [0.1, 0.15) is 5.69 Å². The first kappa shape index (κ1) is 14.5. The first-order chi connectivity index (χ1) is 10.4. The number of H-pyrrole nitrogens is 1. The predicted octanol–water partition coefficient (Wildman–Crippen LogP) is 1.66. The molecule has 1 aliphatic rings. The van der Waals surface area contributed by atoms with E-state index in [0.29, 0.717) is 30.1 Å². The third-order valence-corrected chi connectivity index (χ3v) is 3.17. The number of carbonyl (C=O) groups is 1. The fraction of sp³-hybridized carbons (Fsp3) is 0.500. The van der Waals surface area contributed by atoms with Gasteiger partial charge in [-0.1, -0.05) is 5.16 Å². The van der Waals surface area contributed by atoms with Gasteiger partial charge in [0.2, 0.25) is 5.89 Å². The van der Waals surface area contributed by atoms with Crippen LogP contribution < -0.4 is 5.32 Å². The molecule has 0 saturated heterocycles. The van der Waals surface area contributed by atoms with Crippen LogP contribution in [-0.4, -0.2) is 32.8 Å². The van der Waals surface area contributed by atoms with E-state index in [9.17, 15) is 18.0 Å². The first-order valence-corrected chi connectivity index (χ1v) is 6.67. The van der Waals surface area contributed by atoms with Gasteiger partial charge in [0.25, 0.3) is 5.91 Å². The average molecular weight is 315 g/mol. The van der Waals surface area contributed by atoms with Gasteiger partial charge in [-0.15, -0.1) is 0 Å². The summed E-state index contributed by atoms with van der Waals surface area (Å²) in [4.78, 5) is 15.8. The van der Waals surface area contributed by atoms with E-state index < -0.39 is 17.8 Å². The molecule has 0 unspecified atom stereocenters. The number of aromatic amines is 1. The maximum absolute atomic E-state index is 12.4. The van der Waals surface area contributed by atoms with Crippen LogP contribution in [0.25, 0.3) is 0 Å². The van der Waals surface area contributed by atoms with E-state index in [0.717, 1.165) is 12.8 Å². The topological polar surface area (TPSA) is 96.7 Å². The smallest absolute Gasteiger partial charge is 0.350 e. The molecule has 1 amide bonds. The molecule has 0 aromatic carbocycles. The van der Waals surface area contributed by atoms with Crippen LogP contribution in [0.15, 0.2) is 10.6 Å². The molecule has 2 heterocycles. The van der Waals surface area contributed by atoms with Gasteiger partial charge in [-0.2, -0.15) is 23.3 Å². The Balaban J connectivity index is 1.50. The number of alkyl halides is 3. The van der Waals surface area contributed by atoms with Crippen molar-refractivity contribution in [3.63, 3.8) is 0 Å². The molecule has 118 valence electrons. The summed E-state index contributed by atoms with van der Waals surface area (Å²) >= 11 is 0. The third kappa shape index (κ3) is 3.26. The van der Waals surface area contributed by atoms with E-state index in [1.807, 2.05) is 0 Å². The highest BCUT2D eigenvalue weighted by molar-refractivity contribution is 5.92. The van der Waals surface area contributed by atoms with Crippen molar-refractivity contribution < 1.29 is 22.5 Å². The van der Waals surface area contributed by atoms with Gasteiger partial charge in [-0.25, -0.2) is 0 Å². The minimum Gasteiger partial charge on any atom is -0.350 e. The summed E-state index contributed by atoms with van der Waals surface area (Å²) in [5.74, 6) is 0.731. The Morgan fingerprint density at radius 3 is 2.86 bits per heavy atom. The number of hydrogen-bond acceptors (Lipinski definition) is 5. The van der Waals surface area contributed by atoms with Crippen molar-refractivity contribution >= 4 is 5.91 Å². The number of carbonyl (C=O) groups excluding carboxylic acids is 1. The highest BCUT2D eigenvalue weighted by atomic mass is 19.4. The van der Waals surface area contributed by atoms with Crippen molar-refractivity contribution in [2.24, 2.45) is 0 Å². The van der Waals surface area contributed by atoms with Crippen LogP contribution in [0.4, 0.5) is 13.2 Å². The molecule has 22 heavy (non-hydrogen) atoms. The Bertz CT molecular complexity index is 674. The molecule has 1 saturated carbocycles. The standard InChI is InChI=1S/C12H12F3N5O2/c13-12(14,15)8-5-7(18-19-8)11(21)16-4-3-9-17-10(20-22-9)6-1-2-6/h5-6H,1-4H2,(H,16,21)(H,18,19). The molecule has 3 rings (SSSR count). The van der Waals surface area contributed by atoms with Crippen LogP contribution in [0.2, 0.25) is 0 Å². The molecule has 0 atom stereocenters. The summed E-state index contributed by atoms with van der Waals surface area (Å²) in [6, 6.07) is 0.660. The highest BCUT2D eigenvalue weighted by Gasteiger charge is 2.33. The van der Waals surface area contributed by atoms with Gasteiger partial charge in [0.05, 0.1) is 0 Å². The fourth-order valence-corrected chi connectivity index (χ4v) is 1.83.